The third-order valence-corrected chi connectivity index (χ3v) is 3.28. The van der Waals surface area contributed by atoms with Gasteiger partial charge < -0.3 is 4.74 Å². The van der Waals surface area contributed by atoms with Gasteiger partial charge in [-0.15, -0.1) is 10.2 Å². The molecule has 1 aromatic heterocycles. The van der Waals surface area contributed by atoms with E-state index in [1.54, 1.807) is 18.4 Å². The van der Waals surface area contributed by atoms with Crippen LogP contribution in [0.3, 0.4) is 0 Å². The highest BCUT2D eigenvalue weighted by molar-refractivity contribution is 9.10. The summed E-state index contributed by atoms with van der Waals surface area (Å²) >= 11 is 4.99. The summed E-state index contributed by atoms with van der Waals surface area (Å²) in [6, 6.07) is 5.84. The number of halogens is 1. The molecule has 1 heterocycles. The zero-order valence-electron chi connectivity index (χ0n) is 8.32. The highest BCUT2D eigenvalue weighted by Gasteiger charge is 2.10. The first-order valence-corrected chi connectivity index (χ1v) is 5.95. The average molecular weight is 285 g/mol. The predicted molar refractivity (Wildman–Crippen MR) is 64.3 cm³/mol. The van der Waals surface area contributed by atoms with Crippen LogP contribution in [0.15, 0.2) is 22.7 Å². The van der Waals surface area contributed by atoms with E-state index in [0.717, 1.165) is 25.8 Å². The maximum absolute atomic E-state index is 5.28. The fourth-order valence-corrected chi connectivity index (χ4v) is 2.33. The zero-order valence-corrected chi connectivity index (χ0v) is 10.7. The molecule has 0 amide bonds. The summed E-state index contributed by atoms with van der Waals surface area (Å²) in [5, 5.41) is 9.93. The smallest absolute Gasteiger partial charge is 0.151 e. The molecule has 0 atom stereocenters. The molecule has 78 valence electrons. The molecule has 15 heavy (non-hydrogen) atoms. The first-order chi connectivity index (χ1) is 7.20. The van der Waals surface area contributed by atoms with Crippen molar-refractivity contribution in [3.05, 3.63) is 27.7 Å². The van der Waals surface area contributed by atoms with Crippen molar-refractivity contribution in [3.63, 3.8) is 0 Å². The Kier molecular flexibility index (Phi) is 3.02. The molecule has 0 radical (unpaired) electrons. The van der Waals surface area contributed by atoms with Crippen LogP contribution in [0.5, 0.6) is 5.75 Å². The summed E-state index contributed by atoms with van der Waals surface area (Å²) in [5.74, 6) is 0.814. The van der Waals surface area contributed by atoms with Crippen molar-refractivity contribution in [1.29, 1.82) is 0 Å². The van der Waals surface area contributed by atoms with Crippen molar-refractivity contribution < 1.29 is 4.74 Å². The monoisotopic (exact) mass is 284 g/mol. The second-order valence-electron chi connectivity index (χ2n) is 2.97. The van der Waals surface area contributed by atoms with Gasteiger partial charge in [0.25, 0.3) is 0 Å². The summed E-state index contributed by atoms with van der Waals surface area (Å²) in [7, 11) is 1.65. The number of nitrogens with zero attached hydrogens (tertiary/aromatic N) is 2. The van der Waals surface area contributed by atoms with E-state index in [9.17, 15) is 0 Å². The summed E-state index contributed by atoms with van der Waals surface area (Å²) in [5.41, 5.74) is 0.970. The van der Waals surface area contributed by atoms with Crippen molar-refractivity contribution in [2.75, 3.05) is 7.11 Å². The van der Waals surface area contributed by atoms with Gasteiger partial charge in [0.15, 0.2) is 5.01 Å². The minimum Gasteiger partial charge on any atom is -0.496 e. The molecule has 0 aliphatic rings. The fourth-order valence-electron chi connectivity index (χ4n) is 1.25. The molecule has 0 saturated carbocycles. The fraction of sp³-hybridized carbons (Fsp3) is 0.200. The highest BCUT2D eigenvalue weighted by Crippen LogP contribution is 2.33. The molecule has 1 aromatic carbocycles. The van der Waals surface area contributed by atoms with E-state index in [2.05, 4.69) is 26.1 Å². The van der Waals surface area contributed by atoms with Crippen LogP contribution in [0.25, 0.3) is 10.6 Å². The molecule has 0 spiro atoms. The molecule has 5 heteroatoms. The maximum Gasteiger partial charge on any atom is 0.151 e. The predicted octanol–water partition coefficient (Wildman–Crippen LogP) is 3.28. The van der Waals surface area contributed by atoms with Gasteiger partial charge in [0, 0.05) is 4.47 Å². The standard InChI is InChI=1S/C10H9BrN2OS/c1-6-12-13-10(15-6)8-5-7(11)3-4-9(8)14-2/h3-5H,1-2H3. The Morgan fingerprint density at radius 2 is 2.13 bits per heavy atom. The number of aryl methyl sites for hydroxylation is 1. The van der Waals surface area contributed by atoms with Crippen molar-refractivity contribution in [2.45, 2.75) is 6.92 Å². The number of hydrogen-bond acceptors (Lipinski definition) is 4. The van der Waals surface area contributed by atoms with E-state index in [-0.39, 0.29) is 0 Å². The van der Waals surface area contributed by atoms with Gasteiger partial charge in [-0.2, -0.15) is 0 Å². The molecule has 0 aliphatic heterocycles. The first-order valence-electron chi connectivity index (χ1n) is 4.34. The summed E-state index contributed by atoms with van der Waals surface area (Å²) in [6.45, 7) is 1.94. The van der Waals surface area contributed by atoms with Gasteiger partial charge in [-0.25, -0.2) is 0 Å². The number of aromatic nitrogens is 2. The second-order valence-corrected chi connectivity index (χ2v) is 5.07. The van der Waals surface area contributed by atoms with E-state index in [1.807, 2.05) is 25.1 Å². The first kappa shape index (κ1) is 10.6. The van der Waals surface area contributed by atoms with E-state index in [1.165, 1.54) is 0 Å². The lowest BCUT2D eigenvalue weighted by molar-refractivity contribution is 0.416. The number of ether oxygens (including phenoxy) is 1. The van der Waals surface area contributed by atoms with Crippen LogP contribution in [0.2, 0.25) is 0 Å². The lowest BCUT2D eigenvalue weighted by Crippen LogP contribution is -1.87. The van der Waals surface area contributed by atoms with Gasteiger partial charge in [-0.05, 0) is 25.1 Å². The van der Waals surface area contributed by atoms with E-state index in [4.69, 9.17) is 4.74 Å². The van der Waals surface area contributed by atoms with E-state index < -0.39 is 0 Å². The molecule has 2 aromatic rings. The Morgan fingerprint density at radius 1 is 1.33 bits per heavy atom. The second kappa shape index (κ2) is 4.28. The van der Waals surface area contributed by atoms with Crippen molar-refractivity contribution >= 4 is 27.3 Å². The Balaban J connectivity index is 2.55. The van der Waals surface area contributed by atoms with Crippen molar-refractivity contribution in [3.8, 4) is 16.3 Å². The largest absolute Gasteiger partial charge is 0.496 e. The molecular weight excluding hydrogens is 276 g/mol. The molecule has 3 nitrogen and oxygen atoms in total. The van der Waals surface area contributed by atoms with Gasteiger partial charge in [0.1, 0.15) is 10.8 Å². The van der Waals surface area contributed by atoms with Gasteiger partial charge in [0.2, 0.25) is 0 Å². The maximum atomic E-state index is 5.28. The zero-order chi connectivity index (χ0) is 10.8. The van der Waals surface area contributed by atoms with Crippen molar-refractivity contribution in [2.24, 2.45) is 0 Å². The quantitative estimate of drug-likeness (QED) is 0.849. The van der Waals surface area contributed by atoms with Crippen LogP contribution >= 0.6 is 27.3 Å². The summed E-state index contributed by atoms with van der Waals surface area (Å²) in [6.07, 6.45) is 0. The summed E-state index contributed by atoms with van der Waals surface area (Å²) < 4.78 is 6.29. The van der Waals surface area contributed by atoms with Crippen LogP contribution < -0.4 is 4.74 Å². The SMILES string of the molecule is COc1ccc(Br)cc1-c1nnc(C)s1. The van der Waals surface area contributed by atoms with E-state index >= 15 is 0 Å². The third-order valence-electron chi connectivity index (χ3n) is 1.92. The summed E-state index contributed by atoms with van der Waals surface area (Å²) in [4.78, 5) is 0. The number of benzene rings is 1. The van der Waals surface area contributed by atoms with Gasteiger partial charge in [0.05, 0.1) is 12.7 Å². The van der Waals surface area contributed by atoms with Gasteiger partial charge >= 0.3 is 0 Å². The normalized spacial score (nSPS) is 10.3. The van der Waals surface area contributed by atoms with Gasteiger partial charge in [-0.3, -0.25) is 0 Å². The average Bonchev–Trinajstić information content (AvgIpc) is 2.65. The van der Waals surface area contributed by atoms with Crippen LogP contribution in [0.4, 0.5) is 0 Å². The molecule has 0 unspecified atom stereocenters. The number of methoxy groups -OCH3 is 1. The third kappa shape index (κ3) is 2.18. The minimum absolute atomic E-state index is 0.814. The van der Waals surface area contributed by atoms with Crippen LogP contribution in [-0.2, 0) is 0 Å². The molecule has 0 N–H and O–H groups in total. The molecule has 0 bridgehead atoms. The van der Waals surface area contributed by atoms with Crippen LogP contribution in [0, 0.1) is 6.92 Å². The Labute approximate surface area is 100 Å². The lowest BCUT2D eigenvalue weighted by Gasteiger charge is -2.05. The van der Waals surface area contributed by atoms with Crippen molar-refractivity contribution in [1.82, 2.24) is 10.2 Å². The topological polar surface area (TPSA) is 35.0 Å². The number of rotatable bonds is 2. The van der Waals surface area contributed by atoms with Crippen LogP contribution in [0.1, 0.15) is 5.01 Å². The lowest BCUT2D eigenvalue weighted by atomic mass is 10.2. The molecule has 0 saturated heterocycles. The minimum atomic E-state index is 0.814. The Bertz CT molecular complexity index is 484. The Hall–Kier alpha value is -0.940. The highest BCUT2D eigenvalue weighted by atomic mass is 79.9. The molecular formula is C10H9BrN2OS. The van der Waals surface area contributed by atoms with E-state index in [0.29, 0.717) is 0 Å². The number of hydrogen-bond donors (Lipinski definition) is 0. The molecule has 0 fully saturated rings. The van der Waals surface area contributed by atoms with Gasteiger partial charge in [-0.1, -0.05) is 27.3 Å². The molecule has 0 aliphatic carbocycles. The van der Waals surface area contributed by atoms with Crippen LogP contribution in [-0.4, -0.2) is 17.3 Å². The molecule has 2 rings (SSSR count). The Morgan fingerprint density at radius 3 is 2.73 bits per heavy atom.